The van der Waals surface area contributed by atoms with Gasteiger partial charge in [0, 0.05) is 11.3 Å². The second kappa shape index (κ2) is 10.3. The molecule has 0 bridgehead atoms. The molecule has 1 aromatic rings. The van der Waals surface area contributed by atoms with Gasteiger partial charge in [-0.1, -0.05) is 12.8 Å². The Morgan fingerprint density at radius 2 is 1.86 bits per heavy atom. The number of aldehydes is 1. The van der Waals surface area contributed by atoms with E-state index in [1.165, 1.54) is 12.1 Å². The molecule has 112 valence electrons. The summed E-state index contributed by atoms with van der Waals surface area (Å²) in [6.07, 6.45) is 2.82. The number of hydrogen-bond acceptors (Lipinski definition) is 5. The summed E-state index contributed by atoms with van der Waals surface area (Å²) in [5.74, 6) is -0.861. The van der Waals surface area contributed by atoms with Gasteiger partial charge in [0.1, 0.15) is 6.29 Å². The number of benzene rings is 1. The second-order valence-corrected chi connectivity index (χ2v) is 5.86. The molecule has 0 saturated heterocycles. The summed E-state index contributed by atoms with van der Waals surface area (Å²) in [6.45, 7) is 0.293. The number of ether oxygens (including phenoxy) is 1. The van der Waals surface area contributed by atoms with Crippen LogP contribution in [0.25, 0.3) is 0 Å². The summed E-state index contributed by atoms with van der Waals surface area (Å²) in [5, 5.41) is 0. The standard InChI is InChI=1S/C13H17FO5S.Na/c14-12-9-11(10-15)5-6-13(12)19-7-3-1-2-4-8-20(16,17)18;/h5-6,9-10H,1-4,7-8H2,(H,16,17,18);/q;+1/p-1. The van der Waals surface area contributed by atoms with Crippen molar-refractivity contribution in [3.63, 3.8) is 0 Å². The van der Waals surface area contributed by atoms with Crippen molar-refractivity contribution in [2.45, 2.75) is 25.7 Å². The molecule has 1 aromatic carbocycles. The Morgan fingerprint density at radius 3 is 2.43 bits per heavy atom. The van der Waals surface area contributed by atoms with Crippen LogP contribution in [-0.4, -0.2) is 31.6 Å². The summed E-state index contributed by atoms with van der Waals surface area (Å²) in [6, 6.07) is 3.95. The molecular formula is C13H16FNaO5S. The maximum atomic E-state index is 13.4. The molecule has 0 aromatic heterocycles. The van der Waals surface area contributed by atoms with Gasteiger partial charge in [-0.25, -0.2) is 12.8 Å². The Bertz CT molecular complexity index is 547. The van der Waals surface area contributed by atoms with Gasteiger partial charge in [0.05, 0.1) is 16.7 Å². The van der Waals surface area contributed by atoms with Crippen LogP contribution in [0.1, 0.15) is 36.0 Å². The number of rotatable bonds is 9. The van der Waals surface area contributed by atoms with Crippen molar-refractivity contribution in [3.8, 4) is 5.75 Å². The van der Waals surface area contributed by atoms with E-state index in [9.17, 15) is 22.2 Å². The van der Waals surface area contributed by atoms with E-state index in [-0.39, 0.29) is 46.6 Å². The molecule has 0 saturated carbocycles. The average molecular weight is 326 g/mol. The maximum absolute atomic E-state index is 13.4. The fraction of sp³-hybridized carbons (Fsp3) is 0.462. The molecule has 0 radical (unpaired) electrons. The normalized spacial score (nSPS) is 10.8. The van der Waals surface area contributed by atoms with Crippen molar-refractivity contribution in [2.24, 2.45) is 0 Å². The first-order chi connectivity index (χ1) is 9.42. The van der Waals surface area contributed by atoms with Crippen LogP contribution in [-0.2, 0) is 10.1 Å². The molecule has 5 nitrogen and oxygen atoms in total. The predicted octanol–water partition coefficient (Wildman–Crippen LogP) is -0.873. The van der Waals surface area contributed by atoms with Gasteiger partial charge in [-0.3, -0.25) is 4.79 Å². The van der Waals surface area contributed by atoms with Crippen LogP contribution >= 0.6 is 0 Å². The fourth-order valence-electron chi connectivity index (χ4n) is 1.62. The van der Waals surface area contributed by atoms with Gasteiger partial charge in [-0.15, -0.1) is 0 Å². The Balaban J connectivity index is 0.00000400. The third-order valence-electron chi connectivity index (χ3n) is 2.64. The molecule has 8 heteroatoms. The molecule has 0 unspecified atom stereocenters. The Labute approximate surface area is 145 Å². The van der Waals surface area contributed by atoms with Gasteiger partial charge in [0.15, 0.2) is 11.6 Å². The van der Waals surface area contributed by atoms with Crippen LogP contribution in [0.5, 0.6) is 5.75 Å². The summed E-state index contributed by atoms with van der Waals surface area (Å²) < 4.78 is 49.7. The molecule has 0 heterocycles. The van der Waals surface area contributed by atoms with Crippen LogP contribution in [0.4, 0.5) is 4.39 Å². The minimum absolute atomic E-state index is 0. The van der Waals surface area contributed by atoms with Crippen LogP contribution in [0.2, 0.25) is 0 Å². The summed E-state index contributed by atoms with van der Waals surface area (Å²) in [5.41, 5.74) is 0.244. The van der Waals surface area contributed by atoms with Gasteiger partial charge < -0.3 is 9.29 Å². The fourth-order valence-corrected chi connectivity index (χ4v) is 2.18. The minimum atomic E-state index is -4.13. The minimum Gasteiger partial charge on any atom is -0.748 e. The monoisotopic (exact) mass is 326 g/mol. The molecule has 0 amide bonds. The molecule has 0 spiro atoms. The Kier molecular flexibility index (Phi) is 10.1. The number of halogens is 1. The van der Waals surface area contributed by atoms with Gasteiger partial charge >= 0.3 is 29.6 Å². The summed E-state index contributed by atoms with van der Waals surface area (Å²) >= 11 is 0. The molecule has 0 N–H and O–H groups in total. The Hall–Kier alpha value is -0.470. The van der Waals surface area contributed by atoms with Crippen molar-refractivity contribution in [2.75, 3.05) is 12.4 Å². The van der Waals surface area contributed by atoms with Crippen molar-refractivity contribution >= 4 is 16.4 Å². The number of carbonyl (C=O) groups excluding carboxylic acids is 1. The molecule has 0 aliphatic carbocycles. The molecule has 0 aliphatic rings. The third-order valence-corrected chi connectivity index (χ3v) is 3.43. The molecule has 0 aliphatic heterocycles. The van der Waals surface area contributed by atoms with Gasteiger partial charge in [0.2, 0.25) is 0 Å². The van der Waals surface area contributed by atoms with Crippen molar-refractivity contribution in [1.82, 2.24) is 0 Å². The zero-order valence-electron chi connectivity index (χ0n) is 11.9. The zero-order chi connectivity index (χ0) is 15.0. The quantitative estimate of drug-likeness (QED) is 0.255. The second-order valence-electron chi connectivity index (χ2n) is 4.33. The topological polar surface area (TPSA) is 83.5 Å². The number of hydrogen-bond donors (Lipinski definition) is 0. The van der Waals surface area contributed by atoms with E-state index in [1.807, 2.05) is 0 Å². The van der Waals surface area contributed by atoms with Crippen LogP contribution < -0.4 is 34.3 Å². The molecule has 21 heavy (non-hydrogen) atoms. The smallest absolute Gasteiger partial charge is 0.748 e. The van der Waals surface area contributed by atoms with Gasteiger partial charge in [-0.2, -0.15) is 0 Å². The van der Waals surface area contributed by atoms with Crippen LogP contribution in [0.3, 0.4) is 0 Å². The number of unbranched alkanes of at least 4 members (excludes halogenated alkanes) is 3. The van der Waals surface area contributed by atoms with E-state index in [2.05, 4.69) is 0 Å². The van der Waals surface area contributed by atoms with E-state index in [0.29, 0.717) is 38.6 Å². The first-order valence-electron chi connectivity index (χ1n) is 6.23. The number of carbonyl (C=O) groups is 1. The van der Waals surface area contributed by atoms with Crippen molar-refractivity contribution < 1.29 is 56.4 Å². The van der Waals surface area contributed by atoms with E-state index < -0.39 is 15.9 Å². The van der Waals surface area contributed by atoms with E-state index in [1.54, 1.807) is 0 Å². The van der Waals surface area contributed by atoms with E-state index in [0.717, 1.165) is 6.07 Å². The van der Waals surface area contributed by atoms with Gasteiger partial charge in [0.25, 0.3) is 0 Å². The van der Waals surface area contributed by atoms with Crippen LogP contribution in [0.15, 0.2) is 18.2 Å². The van der Waals surface area contributed by atoms with Crippen LogP contribution in [0, 0.1) is 5.82 Å². The largest absolute Gasteiger partial charge is 1.00 e. The van der Waals surface area contributed by atoms with E-state index >= 15 is 0 Å². The average Bonchev–Trinajstić information content (AvgIpc) is 2.37. The van der Waals surface area contributed by atoms with Crippen molar-refractivity contribution in [3.05, 3.63) is 29.6 Å². The first-order valence-corrected chi connectivity index (χ1v) is 7.81. The molecular weight excluding hydrogens is 310 g/mol. The van der Waals surface area contributed by atoms with Gasteiger partial charge in [-0.05, 0) is 31.0 Å². The summed E-state index contributed by atoms with van der Waals surface area (Å²) in [7, 11) is -4.13. The third kappa shape index (κ3) is 9.21. The molecule has 0 atom stereocenters. The maximum Gasteiger partial charge on any atom is 1.00 e. The molecule has 0 fully saturated rings. The van der Waals surface area contributed by atoms with Crippen molar-refractivity contribution in [1.29, 1.82) is 0 Å². The van der Waals surface area contributed by atoms with E-state index in [4.69, 9.17) is 4.74 Å². The Morgan fingerprint density at radius 1 is 1.19 bits per heavy atom. The first kappa shape index (κ1) is 20.5. The SMILES string of the molecule is O=Cc1ccc(OCCCCCCS(=O)(=O)[O-])c(F)c1.[Na+]. The predicted molar refractivity (Wildman–Crippen MR) is 70.3 cm³/mol. The zero-order valence-corrected chi connectivity index (χ0v) is 14.7. The summed E-state index contributed by atoms with van der Waals surface area (Å²) in [4.78, 5) is 10.4. The molecule has 1 rings (SSSR count).